The highest BCUT2D eigenvalue weighted by Crippen LogP contribution is 2.35. The Balaban J connectivity index is 1.62. The molecule has 0 spiro atoms. The normalized spacial score (nSPS) is 22.0. The molecule has 1 fully saturated rings. The van der Waals surface area contributed by atoms with Gasteiger partial charge in [0.15, 0.2) is 0 Å². The van der Waals surface area contributed by atoms with E-state index >= 15 is 0 Å². The van der Waals surface area contributed by atoms with Crippen molar-refractivity contribution >= 4 is 39.0 Å². The number of hydrogen-bond donors (Lipinski definition) is 2. The summed E-state index contributed by atoms with van der Waals surface area (Å²) in [6.45, 7) is 1.46. The van der Waals surface area contributed by atoms with Crippen molar-refractivity contribution in [1.29, 1.82) is 0 Å². The van der Waals surface area contributed by atoms with Crippen LogP contribution in [0, 0.1) is 11.8 Å². The average molecular weight is 324 g/mol. The van der Waals surface area contributed by atoms with E-state index in [-0.39, 0.29) is 11.8 Å². The highest BCUT2D eigenvalue weighted by atomic mass is 35.5. The molecule has 1 aliphatic carbocycles. The number of benzene rings is 1. The highest BCUT2D eigenvalue weighted by Gasteiger charge is 2.32. The topological polar surface area (TPSA) is 49.3 Å². The first kappa shape index (κ1) is 14.8. The van der Waals surface area contributed by atoms with E-state index in [4.69, 9.17) is 11.6 Å². The molecule has 3 rings (SSSR count). The zero-order valence-electron chi connectivity index (χ0n) is 11.6. The first-order valence-electron chi connectivity index (χ1n) is 7.26. The molecule has 1 aromatic heterocycles. The Morgan fingerprint density at radius 1 is 1.38 bits per heavy atom. The SMILES string of the molecule is O=C(O)C1CCCC1CNCc1sc2ccccc2c1Cl. The summed E-state index contributed by atoms with van der Waals surface area (Å²) in [6, 6.07) is 8.12. The predicted octanol–water partition coefficient (Wildman–Crippen LogP) is 4.15. The molecular formula is C16H18ClNO2S. The van der Waals surface area contributed by atoms with Crippen molar-refractivity contribution in [3.8, 4) is 0 Å². The van der Waals surface area contributed by atoms with Crippen LogP contribution in [0.2, 0.25) is 5.02 Å². The molecule has 1 aliphatic rings. The van der Waals surface area contributed by atoms with E-state index in [0.717, 1.165) is 41.1 Å². The quantitative estimate of drug-likeness (QED) is 0.869. The van der Waals surface area contributed by atoms with Crippen molar-refractivity contribution in [2.75, 3.05) is 6.54 Å². The van der Waals surface area contributed by atoms with E-state index in [9.17, 15) is 9.90 Å². The molecule has 1 saturated carbocycles. The molecule has 2 atom stereocenters. The van der Waals surface area contributed by atoms with E-state index in [2.05, 4.69) is 11.4 Å². The molecule has 0 bridgehead atoms. The van der Waals surface area contributed by atoms with E-state index < -0.39 is 5.97 Å². The summed E-state index contributed by atoms with van der Waals surface area (Å²) in [5.74, 6) is -0.592. The molecule has 21 heavy (non-hydrogen) atoms. The van der Waals surface area contributed by atoms with Gasteiger partial charge in [-0.2, -0.15) is 0 Å². The summed E-state index contributed by atoms with van der Waals surface area (Å²) >= 11 is 8.11. The minimum atomic E-state index is -0.654. The monoisotopic (exact) mass is 323 g/mol. The molecule has 3 nitrogen and oxygen atoms in total. The number of aliphatic carboxylic acids is 1. The van der Waals surface area contributed by atoms with Crippen LogP contribution in [0.5, 0.6) is 0 Å². The maximum atomic E-state index is 11.2. The van der Waals surface area contributed by atoms with Gasteiger partial charge in [0.1, 0.15) is 0 Å². The molecule has 2 unspecified atom stereocenters. The van der Waals surface area contributed by atoms with Gasteiger partial charge in [-0.3, -0.25) is 4.79 Å². The Hall–Kier alpha value is -1.10. The minimum Gasteiger partial charge on any atom is -0.481 e. The van der Waals surface area contributed by atoms with Gasteiger partial charge in [-0.15, -0.1) is 11.3 Å². The van der Waals surface area contributed by atoms with E-state index in [0.29, 0.717) is 6.54 Å². The van der Waals surface area contributed by atoms with Crippen LogP contribution in [0.25, 0.3) is 10.1 Å². The number of hydrogen-bond acceptors (Lipinski definition) is 3. The Morgan fingerprint density at radius 2 is 2.19 bits per heavy atom. The Bertz CT molecular complexity index is 655. The zero-order chi connectivity index (χ0) is 14.8. The fourth-order valence-corrected chi connectivity index (χ4v) is 4.63. The molecule has 1 aromatic carbocycles. The lowest BCUT2D eigenvalue weighted by atomic mass is 9.96. The number of rotatable bonds is 5. The van der Waals surface area contributed by atoms with Crippen LogP contribution < -0.4 is 5.32 Å². The predicted molar refractivity (Wildman–Crippen MR) is 87.0 cm³/mol. The fourth-order valence-electron chi connectivity index (χ4n) is 3.16. The average Bonchev–Trinajstić information content (AvgIpc) is 3.05. The van der Waals surface area contributed by atoms with Gasteiger partial charge < -0.3 is 10.4 Å². The third-order valence-electron chi connectivity index (χ3n) is 4.27. The molecule has 0 saturated heterocycles. The summed E-state index contributed by atoms with van der Waals surface area (Å²) in [7, 11) is 0. The lowest BCUT2D eigenvalue weighted by Gasteiger charge is -2.16. The van der Waals surface area contributed by atoms with Crippen LogP contribution in [0.15, 0.2) is 24.3 Å². The second-order valence-electron chi connectivity index (χ2n) is 5.60. The minimum absolute atomic E-state index is 0.185. The number of carboxylic acids is 1. The second kappa shape index (κ2) is 6.34. The molecular weight excluding hydrogens is 306 g/mol. The van der Waals surface area contributed by atoms with Crippen LogP contribution >= 0.6 is 22.9 Å². The lowest BCUT2D eigenvalue weighted by Crippen LogP contribution is -2.28. The Labute approximate surface area is 132 Å². The van der Waals surface area contributed by atoms with Crippen LogP contribution in [0.3, 0.4) is 0 Å². The van der Waals surface area contributed by atoms with Crippen molar-refractivity contribution in [3.63, 3.8) is 0 Å². The van der Waals surface area contributed by atoms with Crippen LogP contribution in [0.1, 0.15) is 24.1 Å². The zero-order valence-corrected chi connectivity index (χ0v) is 13.2. The number of thiophene rings is 1. The molecule has 0 amide bonds. The summed E-state index contributed by atoms with van der Waals surface area (Å²) in [4.78, 5) is 12.3. The number of fused-ring (bicyclic) bond motifs is 1. The lowest BCUT2D eigenvalue weighted by molar-refractivity contribution is -0.142. The van der Waals surface area contributed by atoms with Crippen molar-refractivity contribution in [1.82, 2.24) is 5.32 Å². The van der Waals surface area contributed by atoms with Crippen LogP contribution in [-0.2, 0) is 11.3 Å². The molecule has 0 aliphatic heterocycles. The van der Waals surface area contributed by atoms with Gasteiger partial charge in [-0.1, -0.05) is 36.2 Å². The fraction of sp³-hybridized carbons (Fsp3) is 0.438. The summed E-state index contributed by atoms with van der Waals surface area (Å²) < 4.78 is 1.20. The number of halogens is 1. The third kappa shape index (κ3) is 3.07. The summed E-state index contributed by atoms with van der Waals surface area (Å²) in [5, 5.41) is 14.5. The van der Waals surface area contributed by atoms with Crippen molar-refractivity contribution in [2.45, 2.75) is 25.8 Å². The highest BCUT2D eigenvalue weighted by molar-refractivity contribution is 7.19. The van der Waals surface area contributed by atoms with E-state index in [1.165, 1.54) is 4.70 Å². The third-order valence-corrected chi connectivity index (χ3v) is 5.98. The smallest absolute Gasteiger partial charge is 0.306 e. The van der Waals surface area contributed by atoms with Crippen molar-refractivity contribution in [3.05, 3.63) is 34.2 Å². The molecule has 1 heterocycles. The number of carboxylic acid groups (broad SMARTS) is 1. The van der Waals surface area contributed by atoms with E-state index in [1.54, 1.807) is 11.3 Å². The Morgan fingerprint density at radius 3 is 2.95 bits per heavy atom. The second-order valence-corrected chi connectivity index (χ2v) is 7.12. The number of carbonyl (C=O) groups is 1. The summed E-state index contributed by atoms with van der Waals surface area (Å²) in [5.41, 5.74) is 0. The Kier molecular flexibility index (Phi) is 4.48. The molecule has 0 radical (unpaired) electrons. The van der Waals surface area contributed by atoms with Gasteiger partial charge >= 0.3 is 5.97 Å². The molecule has 5 heteroatoms. The maximum Gasteiger partial charge on any atom is 0.306 e. The van der Waals surface area contributed by atoms with Gasteiger partial charge in [0.2, 0.25) is 0 Å². The molecule has 2 aromatic rings. The maximum absolute atomic E-state index is 11.2. The van der Waals surface area contributed by atoms with Crippen LogP contribution in [-0.4, -0.2) is 17.6 Å². The largest absolute Gasteiger partial charge is 0.481 e. The van der Waals surface area contributed by atoms with Crippen molar-refractivity contribution < 1.29 is 9.90 Å². The van der Waals surface area contributed by atoms with Gasteiger partial charge in [0.25, 0.3) is 0 Å². The molecule has 112 valence electrons. The first-order chi connectivity index (χ1) is 10.2. The van der Waals surface area contributed by atoms with Gasteiger partial charge in [0, 0.05) is 21.5 Å². The first-order valence-corrected chi connectivity index (χ1v) is 8.45. The van der Waals surface area contributed by atoms with Gasteiger partial charge in [-0.25, -0.2) is 0 Å². The summed E-state index contributed by atoms with van der Waals surface area (Å²) in [6.07, 6.45) is 2.84. The number of nitrogens with one attached hydrogen (secondary N) is 1. The van der Waals surface area contributed by atoms with Gasteiger partial charge in [0.05, 0.1) is 10.9 Å². The van der Waals surface area contributed by atoms with Crippen LogP contribution in [0.4, 0.5) is 0 Å². The molecule has 2 N–H and O–H groups in total. The standard InChI is InChI=1S/C16H18ClNO2S/c17-15-12-5-1-2-7-13(12)21-14(15)9-18-8-10-4-3-6-11(10)16(19)20/h1-2,5,7,10-11,18H,3-4,6,8-9H2,(H,19,20). The van der Waals surface area contributed by atoms with E-state index in [1.807, 2.05) is 18.2 Å². The van der Waals surface area contributed by atoms with Crippen molar-refractivity contribution in [2.24, 2.45) is 11.8 Å². The van der Waals surface area contributed by atoms with Gasteiger partial charge in [-0.05, 0) is 31.4 Å².